The Hall–Kier alpha value is -3.83. The van der Waals surface area contributed by atoms with Crippen molar-refractivity contribution in [2.24, 2.45) is 4.99 Å². The fourth-order valence-corrected chi connectivity index (χ4v) is 3.59. The van der Waals surface area contributed by atoms with Gasteiger partial charge in [-0.05, 0) is 25.1 Å². The minimum atomic E-state index is -4.18. The third-order valence-corrected chi connectivity index (χ3v) is 5.74. The Balaban J connectivity index is 1.72. The van der Waals surface area contributed by atoms with Crippen LogP contribution in [0.5, 0.6) is 0 Å². The fourth-order valence-electron chi connectivity index (χ4n) is 3.00. The highest BCUT2D eigenvalue weighted by molar-refractivity contribution is 7.95. The SMILES string of the molecule is Cc1nc(/N=C/CSOOO)nc(Nc2cccc(Nc3nc(NCCOCCO)nc(NCCS(=O)(=O)O)n3)c2)n1. The number of aromatic nitrogens is 6. The summed E-state index contributed by atoms with van der Waals surface area (Å²) in [6.07, 6.45) is 1.47. The molecule has 2 heterocycles. The Morgan fingerprint density at radius 2 is 1.62 bits per heavy atom. The molecule has 19 nitrogen and oxygen atoms in total. The maximum absolute atomic E-state index is 11.1. The highest BCUT2D eigenvalue weighted by atomic mass is 32.2. The summed E-state index contributed by atoms with van der Waals surface area (Å²) in [5.74, 6) is 0.932. The molecule has 3 aromatic rings. The lowest BCUT2D eigenvalue weighted by Gasteiger charge is -2.12. The molecule has 228 valence electrons. The van der Waals surface area contributed by atoms with Gasteiger partial charge in [-0.1, -0.05) is 11.1 Å². The van der Waals surface area contributed by atoms with Crippen molar-refractivity contribution in [1.82, 2.24) is 29.9 Å². The van der Waals surface area contributed by atoms with Crippen molar-refractivity contribution in [2.75, 3.05) is 65.7 Å². The molecule has 0 fully saturated rings. The molecule has 42 heavy (non-hydrogen) atoms. The lowest BCUT2D eigenvalue weighted by Crippen LogP contribution is -2.18. The van der Waals surface area contributed by atoms with Crippen LogP contribution in [0.2, 0.25) is 0 Å². The van der Waals surface area contributed by atoms with E-state index in [0.717, 1.165) is 12.0 Å². The summed E-state index contributed by atoms with van der Waals surface area (Å²) in [4.78, 5) is 29.6. The van der Waals surface area contributed by atoms with Crippen molar-refractivity contribution < 1.29 is 37.4 Å². The summed E-state index contributed by atoms with van der Waals surface area (Å²) in [5.41, 5.74) is 1.20. The second-order valence-electron chi connectivity index (χ2n) is 7.86. The Morgan fingerprint density at radius 1 is 0.952 bits per heavy atom. The molecule has 0 bridgehead atoms. The van der Waals surface area contributed by atoms with Crippen LogP contribution in [0.1, 0.15) is 5.82 Å². The van der Waals surface area contributed by atoms with E-state index in [1.807, 2.05) is 0 Å². The molecule has 0 atom stereocenters. The van der Waals surface area contributed by atoms with E-state index in [1.165, 1.54) is 6.21 Å². The minimum absolute atomic E-state index is 0.0619. The number of aryl methyl sites for hydroxylation is 1. The van der Waals surface area contributed by atoms with Crippen molar-refractivity contribution in [2.45, 2.75) is 6.92 Å². The summed E-state index contributed by atoms with van der Waals surface area (Å²) in [5, 5.41) is 32.3. The fraction of sp³-hybridized carbons (Fsp3) is 0.381. The van der Waals surface area contributed by atoms with Gasteiger partial charge in [-0.3, -0.25) is 4.55 Å². The monoisotopic (exact) mass is 627 g/mol. The number of aliphatic hydroxyl groups is 1. The highest BCUT2D eigenvalue weighted by Gasteiger charge is 2.10. The average Bonchev–Trinajstić information content (AvgIpc) is 2.92. The van der Waals surface area contributed by atoms with Crippen LogP contribution in [-0.2, 0) is 24.2 Å². The normalized spacial score (nSPS) is 11.5. The van der Waals surface area contributed by atoms with Crippen LogP contribution in [0, 0.1) is 6.92 Å². The van der Waals surface area contributed by atoms with Crippen molar-refractivity contribution >= 4 is 69.5 Å². The van der Waals surface area contributed by atoms with Crippen LogP contribution in [0.15, 0.2) is 29.3 Å². The number of nitrogens with one attached hydrogen (secondary N) is 4. The zero-order valence-corrected chi connectivity index (χ0v) is 23.8. The van der Waals surface area contributed by atoms with Gasteiger partial charge in [0.05, 0.1) is 31.3 Å². The molecule has 21 heteroatoms. The Labute approximate surface area is 244 Å². The molecule has 0 aliphatic carbocycles. The van der Waals surface area contributed by atoms with Gasteiger partial charge in [-0.15, -0.1) is 4.33 Å². The maximum Gasteiger partial charge on any atom is 0.266 e. The van der Waals surface area contributed by atoms with Crippen LogP contribution >= 0.6 is 12.0 Å². The first-order valence-corrected chi connectivity index (χ1v) is 14.6. The Kier molecular flexibility index (Phi) is 13.4. The van der Waals surface area contributed by atoms with Crippen LogP contribution in [-0.4, -0.2) is 104 Å². The van der Waals surface area contributed by atoms with E-state index >= 15 is 0 Å². The van der Waals surface area contributed by atoms with E-state index in [-0.39, 0.29) is 61.9 Å². The maximum atomic E-state index is 11.1. The first-order chi connectivity index (χ1) is 20.2. The van der Waals surface area contributed by atoms with Crippen molar-refractivity contribution in [1.29, 1.82) is 0 Å². The van der Waals surface area contributed by atoms with Gasteiger partial charge in [0, 0.05) is 42.7 Å². The van der Waals surface area contributed by atoms with E-state index in [0.29, 0.717) is 23.7 Å². The zero-order valence-electron chi connectivity index (χ0n) is 22.2. The lowest BCUT2D eigenvalue weighted by molar-refractivity contribution is -0.432. The number of hydrogen-bond donors (Lipinski definition) is 7. The van der Waals surface area contributed by atoms with E-state index in [4.69, 9.17) is 19.7 Å². The minimum Gasteiger partial charge on any atom is -0.394 e. The van der Waals surface area contributed by atoms with Crippen LogP contribution in [0.25, 0.3) is 0 Å². The molecule has 0 aliphatic heterocycles. The number of nitrogens with zero attached hydrogens (tertiary/aromatic N) is 7. The molecule has 0 amide bonds. The number of rotatable bonds is 19. The molecule has 0 unspecified atom stereocenters. The van der Waals surface area contributed by atoms with Gasteiger partial charge in [0.1, 0.15) is 5.82 Å². The number of aliphatic hydroxyl groups excluding tert-OH is 1. The summed E-state index contributed by atoms with van der Waals surface area (Å²) < 4.78 is 40.6. The van der Waals surface area contributed by atoms with Crippen LogP contribution in [0.4, 0.5) is 41.1 Å². The van der Waals surface area contributed by atoms with E-state index in [2.05, 4.69) is 65.5 Å². The molecule has 2 aromatic heterocycles. The van der Waals surface area contributed by atoms with Crippen LogP contribution in [0.3, 0.4) is 0 Å². The van der Waals surface area contributed by atoms with Crippen molar-refractivity contribution in [3.63, 3.8) is 0 Å². The third kappa shape index (κ3) is 12.8. The lowest BCUT2D eigenvalue weighted by atomic mass is 10.3. The number of hydrogen-bond acceptors (Lipinski definition) is 19. The van der Waals surface area contributed by atoms with Crippen molar-refractivity contribution in [3.8, 4) is 0 Å². The predicted octanol–water partition coefficient (Wildman–Crippen LogP) is 1.34. The molecule has 0 spiro atoms. The summed E-state index contributed by atoms with van der Waals surface area (Å²) in [7, 11) is -4.18. The largest absolute Gasteiger partial charge is 0.394 e. The topological polar surface area (TPSA) is 260 Å². The first kappa shape index (κ1) is 32.7. The van der Waals surface area contributed by atoms with Gasteiger partial charge in [-0.2, -0.15) is 38.3 Å². The predicted molar refractivity (Wildman–Crippen MR) is 154 cm³/mol. The molecule has 0 aliphatic rings. The number of benzene rings is 1. The van der Waals surface area contributed by atoms with Gasteiger partial charge in [-0.25, -0.2) is 10.2 Å². The number of ether oxygens (including phenoxy) is 1. The Morgan fingerprint density at radius 3 is 2.29 bits per heavy atom. The number of anilines is 6. The Bertz CT molecular complexity index is 1420. The quantitative estimate of drug-likeness (QED) is 0.0247. The van der Waals surface area contributed by atoms with Crippen molar-refractivity contribution in [3.05, 3.63) is 30.1 Å². The standard InChI is InChI=1S/C21H29N11O8S2/c1-14-25-17(23-6-11-41-40-39-34)30-20(26-14)27-15-3-2-4-16(13-15)28-21-31-18(22-5-9-38-10-8-33)29-19(32-21)24-7-12-42(35,36)37/h2-4,6,13,33-34H,5,7-12H2,1H3,(H,35,36,37)(H,25,26,27,30)(H3,22,24,28,29,31,32)/b23-6+. The second kappa shape index (κ2) is 17.2. The smallest absolute Gasteiger partial charge is 0.266 e. The van der Waals surface area contributed by atoms with E-state index in [9.17, 15) is 8.42 Å². The zero-order chi connectivity index (χ0) is 30.2. The molecular weight excluding hydrogens is 598 g/mol. The molecule has 0 saturated carbocycles. The summed E-state index contributed by atoms with van der Waals surface area (Å²) in [6, 6.07) is 7.06. The van der Waals surface area contributed by atoms with Gasteiger partial charge in [0.15, 0.2) is 0 Å². The second-order valence-corrected chi connectivity index (χ2v) is 10.1. The summed E-state index contributed by atoms with van der Waals surface area (Å²) in [6.45, 7) is 2.25. The molecule has 0 radical (unpaired) electrons. The first-order valence-electron chi connectivity index (χ1n) is 12.1. The van der Waals surface area contributed by atoms with E-state index < -0.39 is 15.9 Å². The van der Waals surface area contributed by atoms with Gasteiger partial charge >= 0.3 is 0 Å². The van der Waals surface area contributed by atoms with E-state index in [1.54, 1.807) is 31.2 Å². The molecule has 1 aromatic carbocycles. The van der Waals surface area contributed by atoms with Gasteiger partial charge in [0.2, 0.25) is 23.8 Å². The number of aliphatic imine (C=N–C) groups is 1. The third-order valence-electron chi connectivity index (χ3n) is 4.58. The molecule has 7 N–H and O–H groups in total. The molecular formula is C21H29N11O8S2. The van der Waals surface area contributed by atoms with Gasteiger partial charge < -0.3 is 31.1 Å². The molecule has 3 rings (SSSR count). The highest BCUT2D eigenvalue weighted by Crippen LogP contribution is 2.22. The summed E-state index contributed by atoms with van der Waals surface area (Å²) >= 11 is 0.813. The average molecular weight is 628 g/mol. The van der Waals surface area contributed by atoms with Gasteiger partial charge in [0.25, 0.3) is 16.1 Å². The van der Waals surface area contributed by atoms with Crippen LogP contribution < -0.4 is 21.3 Å². The molecule has 0 saturated heterocycles.